The first kappa shape index (κ1) is 13.9. The quantitative estimate of drug-likeness (QED) is 0.887. The third-order valence-electron chi connectivity index (χ3n) is 3.91. The van der Waals surface area contributed by atoms with Crippen LogP contribution in [0.25, 0.3) is 0 Å². The molecule has 0 bridgehead atoms. The number of hydrogen-bond acceptors (Lipinski definition) is 2. The molecule has 0 saturated heterocycles. The van der Waals surface area contributed by atoms with Gasteiger partial charge < -0.3 is 10.6 Å². The molecule has 1 aromatic rings. The zero-order valence-electron chi connectivity index (χ0n) is 11.3. The molecule has 1 saturated carbocycles. The Bertz CT molecular complexity index is 399. The minimum Gasteiger partial charge on any atom is -0.371 e. The first-order valence-corrected chi connectivity index (χ1v) is 7.71. The largest absolute Gasteiger partial charge is 0.371 e. The first-order chi connectivity index (χ1) is 8.61. The number of benzene rings is 1. The molecule has 1 fully saturated rings. The van der Waals surface area contributed by atoms with Crippen molar-refractivity contribution in [2.45, 2.75) is 39.2 Å². The van der Waals surface area contributed by atoms with E-state index in [4.69, 9.17) is 5.73 Å². The number of rotatable bonds is 5. The summed E-state index contributed by atoms with van der Waals surface area (Å²) in [7, 11) is 0. The van der Waals surface area contributed by atoms with Crippen molar-refractivity contribution in [3.63, 3.8) is 0 Å². The van der Waals surface area contributed by atoms with Crippen LogP contribution in [0.5, 0.6) is 0 Å². The average Bonchev–Trinajstić information content (AvgIpc) is 2.28. The molecule has 0 aromatic heterocycles. The Morgan fingerprint density at radius 3 is 2.67 bits per heavy atom. The summed E-state index contributed by atoms with van der Waals surface area (Å²) in [5.74, 6) is 0.884. The molecule has 0 aliphatic heterocycles. The van der Waals surface area contributed by atoms with E-state index in [1.54, 1.807) is 0 Å². The van der Waals surface area contributed by atoms with E-state index in [0.29, 0.717) is 0 Å². The van der Waals surface area contributed by atoms with Gasteiger partial charge in [-0.1, -0.05) is 22.4 Å². The van der Waals surface area contributed by atoms with Gasteiger partial charge in [0.2, 0.25) is 0 Å². The third kappa shape index (κ3) is 3.07. The molecule has 2 rings (SSSR count). The summed E-state index contributed by atoms with van der Waals surface area (Å²) >= 11 is 3.54. The normalized spacial score (nSPS) is 17.3. The molecule has 0 amide bonds. The molecule has 0 radical (unpaired) electrons. The van der Waals surface area contributed by atoms with Gasteiger partial charge in [-0.25, -0.2) is 0 Å². The Kier molecular flexibility index (Phi) is 4.68. The van der Waals surface area contributed by atoms with Crippen molar-refractivity contribution >= 4 is 21.6 Å². The maximum atomic E-state index is 6.11. The van der Waals surface area contributed by atoms with Crippen LogP contribution in [0, 0.1) is 5.92 Å². The van der Waals surface area contributed by atoms with E-state index in [9.17, 15) is 0 Å². The summed E-state index contributed by atoms with van der Waals surface area (Å²) in [6.45, 7) is 6.52. The van der Waals surface area contributed by atoms with Crippen LogP contribution in [0.3, 0.4) is 0 Å². The molecule has 0 spiro atoms. The molecule has 100 valence electrons. The van der Waals surface area contributed by atoms with Crippen LogP contribution in [0.4, 0.5) is 5.69 Å². The fourth-order valence-corrected chi connectivity index (χ4v) is 2.94. The molecule has 0 heterocycles. The molecule has 2 nitrogen and oxygen atoms in total. The molecule has 1 unspecified atom stereocenters. The lowest BCUT2D eigenvalue weighted by molar-refractivity contribution is 0.318. The Labute approximate surface area is 119 Å². The van der Waals surface area contributed by atoms with Crippen molar-refractivity contribution in [2.75, 3.05) is 18.0 Å². The number of nitrogens with zero attached hydrogens (tertiary/aromatic N) is 1. The summed E-state index contributed by atoms with van der Waals surface area (Å²) in [6, 6.07) is 6.55. The SMILES string of the molecule is CCN(CC1CCC1)c1ccc(Br)cc1C(C)N. The lowest BCUT2D eigenvalue weighted by atomic mass is 9.85. The van der Waals surface area contributed by atoms with Gasteiger partial charge in [-0.2, -0.15) is 0 Å². The summed E-state index contributed by atoms with van der Waals surface area (Å²) in [6.07, 6.45) is 4.18. The van der Waals surface area contributed by atoms with Crippen molar-refractivity contribution in [2.24, 2.45) is 11.7 Å². The molecular formula is C15H23BrN2. The van der Waals surface area contributed by atoms with Gasteiger partial charge in [-0.05, 0) is 56.4 Å². The minimum absolute atomic E-state index is 0.0768. The third-order valence-corrected chi connectivity index (χ3v) is 4.40. The van der Waals surface area contributed by atoms with Gasteiger partial charge in [0.15, 0.2) is 0 Å². The van der Waals surface area contributed by atoms with Crippen LogP contribution >= 0.6 is 15.9 Å². The summed E-state index contributed by atoms with van der Waals surface area (Å²) in [4.78, 5) is 2.48. The molecule has 3 heteroatoms. The molecule has 1 aliphatic carbocycles. The summed E-state index contributed by atoms with van der Waals surface area (Å²) < 4.78 is 1.11. The van der Waals surface area contributed by atoms with Crippen molar-refractivity contribution in [3.05, 3.63) is 28.2 Å². The Balaban J connectivity index is 2.22. The Morgan fingerprint density at radius 2 is 2.17 bits per heavy atom. The van der Waals surface area contributed by atoms with Gasteiger partial charge in [0, 0.05) is 29.3 Å². The topological polar surface area (TPSA) is 29.3 Å². The van der Waals surface area contributed by atoms with Crippen molar-refractivity contribution in [1.82, 2.24) is 0 Å². The predicted molar refractivity (Wildman–Crippen MR) is 82.0 cm³/mol. The lowest BCUT2D eigenvalue weighted by Crippen LogP contribution is -2.33. The maximum Gasteiger partial charge on any atom is 0.0415 e. The molecular weight excluding hydrogens is 288 g/mol. The first-order valence-electron chi connectivity index (χ1n) is 6.91. The molecule has 1 aliphatic rings. The molecule has 1 atom stereocenters. The van der Waals surface area contributed by atoms with E-state index in [0.717, 1.165) is 16.9 Å². The van der Waals surface area contributed by atoms with E-state index in [1.165, 1.54) is 37.1 Å². The fraction of sp³-hybridized carbons (Fsp3) is 0.600. The van der Waals surface area contributed by atoms with Gasteiger partial charge in [0.1, 0.15) is 0 Å². The van der Waals surface area contributed by atoms with Gasteiger partial charge in [-0.15, -0.1) is 0 Å². The van der Waals surface area contributed by atoms with Crippen LogP contribution in [0.15, 0.2) is 22.7 Å². The van der Waals surface area contributed by atoms with Gasteiger partial charge in [0.05, 0.1) is 0 Å². The van der Waals surface area contributed by atoms with E-state index in [-0.39, 0.29) is 6.04 Å². The average molecular weight is 311 g/mol. The fourth-order valence-electron chi connectivity index (χ4n) is 2.56. The summed E-state index contributed by atoms with van der Waals surface area (Å²) in [5.41, 5.74) is 8.65. The van der Waals surface area contributed by atoms with E-state index in [1.807, 2.05) is 0 Å². The predicted octanol–water partition coefficient (Wildman–Crippen LogP) is 4.10. The van der Waals surface area contributed by atoms with Crippen LogP contribution in [0.2, 0.25) is 0 Å². The highest BCUT2D eigenvalue weighted by molar-refractivity contribution is 9.10. The molecule has 2 N–H and O–H groups in total. The van der Waals surface area contributed by atoms with Crippen molar-refractivity contribution in [3.8, 4) is 0 Å². The Hall–Kier alpha value is -0.540. The van der Waals surface area contributed by atoms with E-state index >= 15 is 0 Å². The zero-order valence-corrected chi connectivity index (χ0v) is 12.9. The number of nitrogens with two attached hydrogens (primary N) is 1. The van der Waals surface area contributed by atoms with Crippen LogP contribution in [-0.4, -0.2) is 13.1 Å². The van der Waals surface area contributed by atoms with E-state index < -0.39 is 0 Å². The standard InChI is InChI=1S/C15H23BrN2/c1-3-18(10-12-5-4-6-12)15-8-7-13(16)9-14(15)11(2)17/h7-9,11-12H,3-6,10,17H2,1-2H3. The van der Waals surface area contributed by atoms with Crippen molar-refractivity contribution < 1.29 is 0 Å². The van der Waals surface area contributed by atoms with Gasteiger partial charge >= 0.3 is 0 Å². The second kappa shape index (κ2) is 6.07. The maximum absolute atomic E-state index is 6.11. The highest BCUT2D eigenvalue weighted by atomic mass is 79.9. The van der Waals surface area contributed by atoms with Crippen LogP contribution in [0.1, 0.15) is 44.7 Å². The second-order valence-electron chi connectivity index (χ2n) is 5.33. The minimum atomic E-state index is 0.0768. The molecule has 18 heavy (non-hydrogen) atoms. The van der Waals surface area contributed by atoms with Gasteiger partial charge in [-0.3, -0.25) is 0 Å². The monoisotopic (exact) mass is 310 g/mol. The van der Waals surface area contributed by atoms with Crippen LogP contribution in [-0.2, 0) is 0 Å². The highest BCUT2D eigenvalue weighted by Crippen LogP contribution is 2.32. The number of hydrogen-bond donors (Lipinski definition) is 1. The van der Waals surface area contributed by atoms with E-state index in [2.05, 4.69) is 52.9 Å². The zero-order chi connectivity index (χ0) is 13.1. The lowest BCUT2D eigenvalue weighted by Gasteiger charge is -2.34. The second-order valence-corrected chi connectivity index (χ2v) is 6.24. The number of anilines is 1. The Morgan fingerprint density at radius 1 is 1.44 bits per heavy atom. The summed E-state index contributed by atoms with van der Waals surface area (Å²) in [5, 5.41) is 0. The highest BCUT2D eigenvalue weighted by Gasteiger charge is 2.22. The molecule has 1 aromatic carbocycles. The van der Waals surface area contributed by atoms with Crippen molar-refractivity contribution in [1.29, 1.82) is 0 Å². The number of halogens is 1. The smallest absolute Gasteiger partial charge is 0.0415 e. The van der Waals surface area contributed by atoms with Gasteiger partial charge in [0.25, 0.3) is 0 Å². The van der Waals surface area contributed by atoms with Crippen LogP contribution < -0.4 is 10.6 Å².